The van der Waals surface area contributed by atoms with E-state index in [0.29, 0.717) is 0 Å². The molecule has 1 nitrogen and oxygen atoms in total. The molecule has 1 heteroatoms. The van der Waals surface area contributed by atoms with E-state index in [-0.39, 0.29) is 0 Å². The minimum Gasteiger partial charge on any atom is -0.377 e. The number of unbranched alkanes of at least 4 members (excludes halogenated alkanes) is 4. The molecule has 0 aliphatic carbocycles. The van der Waals surface area contributed by atoms with Crippen molar-refractivity contribution in [3.63, 3.8) is 0 Å². The van der Waals surface area contributed by atoms with Gasteiger partial charge in [0.1, 0.15) is 0 Å². The van der Waals surface area contributed by atoms with Crippen LogP contribution in [-0.2, 0) is 11.3 Å². The number of terminal acetylenes is 1. The molecule has 0 saturated carbocycles. The second kappa shape index (κ2) is 9.00. The molecule has 0 spiro atoms. The van der Waals surface area contributed by atoms with Crippen LogP contribution in [0.2, 0.25) is 0 Å². The highest BCUT2D eigenvalue weighted by Gasteiger charge is 1.92. The lowest BCUT2D eigenvalue weighted by atomic mass is 10.1. The van der Waals surface area contributed by atoms with E-state index in [1.54, 1.807) is 0 Å². The van der Waals surface area contributed by atoms with E-state index in [4.69, 9.17) is 11.2 Å². The van der Waals surface area contributed by atoms with Gasteiger partial charge in [0.25, 0.3) is 0 Å². The van der Waals surface area contributed by atoms with Crippen molar-refractivity contribution in [2.75, 3.05) is 6.61 Å². The van der Waals surface area contributed by atoms with Gasteiger partial charge in [0.15, 0.2) is 0 Å². The molecular weight excluding hydrogens is 196 g/mol. The Morgan fingerprint density at radius 1 is 1.00 bits per heavy atom. The average Bonchev–Trinajstić information content (AvgIpc) is 2.34. The molecule has 1 aromatic carbocycles. The van der Waals surface area contributed by atoms with E-state index < -0.39 is 0 Å². The van der Waals surface area contributed by atoms with Crippen LogP contribution >= 0.6 is 0 Å². The van der Waals surface area contributed by atoms with Gasteiger partial charge in [-0.3, -0.25) is 0 Å². The molecule has 0 aliphatic heterocycles. The van der Waals surface area contributed by atoms with E-state index in [2.05, 4.69) is 18.1 Å². The molecule has 0 heterocycles. The maximum atomic E-state index is 5.59. The molecule has 0 fully saturated rings. The fourth-order valence-electron chi connectivity index (χ4n) is 1.55. The maximum Gasteiger partial charge on any atom is 0.0716 e. The van der Waals surface area contributed by atoms with Crippen LogP contribution in [0.4, 0.5) is 0 Å². The summed E-state index contributed by atoms with van der Waals surface area (Å²) in [4.78, 5) is 0. The predicted molar refractivity (Wildman–Crippen MR) is 68.0 cm³/mol. The zero-order chi connectivity index (χ0) is 11.5. The summed E-state index contributed by atoms with van der Waals surface area (Å²) in [6.07, 6.45) is 10.8. The van der Waals surface area contributed by atoms with Crippen molar-refractivity contribution in [2.24, 2.45) is 0 Å². The fraction of sp³-hybridized carbons (Fsp3) is 0.467. The summed E-state index contributed by atoms with van der Waals surface area (Å²) >= 11 is 0. The summed E-state index contributed by atoms with van der Waals surface area (Å²) in [5.41, 5.74) is 1.25. The first-order chi connectivity index (χ1) is 7.93. The number of ether oxygens (including phenoxy) is 1. The van der Waals surface area contributed by atoms with Crippen molar-refractivity contribution in [1.82, 2.24) is 0 Å². The Labute approximate surface area is 98.8 Å². The first-order valence-electron chi connectivity index (χ1n) is 5.98. The van der Waals surface area contributed by atoms with E-state index in [9.17, 15) is 0 Å². The Morgan fingerprint density at radius 2 is 1.75 bits per heavy atom. The van der Waals surface area contributed by atoms with Crippen LogP contribution in [-0.4, -0.2) is 6.61 Å². The number of rotatable bonds is 8. The molecule has 0 bridgehead atoms. The van der Waals surface area contributed by atoms with Gasteiger partial charge < -0.3 is 4.74 Å². The van der Waals surface area contributed by atoms with Gasteiger partial charge in [-0.2, -0.15) is 0 Å². The first kappa shape index (κ1) is 12.8. The van der Waals surface area contributed by atoms with Crippen molar-refractivity contribution < 1.29 is 4.74 Å². The van der Waals surface area contributed by atoms with Crippen LogP contribution in [0.25, 0.3) is 0 Å². The number of benzene rings is 1. The van der Waals surface area contributed by atoms with Crippen LogP contribution in [0.1, 0.15) is 37.7 Å². The monoisotopic (exact) mass is 216 g/mol. The molecule has 1 aromatic rings. The van der Waals surface area contributed by atoms with E-state index in [0.717, 1.165) is 32.5 Å². The highest BCUT2D eigenvalue weighted by molar-refractivity contribution is 5.13. The lowest BCUT2D eigenvalue weighted by molar-refractivity contribution is 0.117. The molecular formula is C15H20O. The van der Waals surface area contributed by atoms with Gasteiger partial charge >= 0.3 is 0 Å². The molecule has 0 aliphatic rings. The Morgan fingerprint density at radius 3 is 2.50 bits per heavy atom. The van der Waals surface area contributed by atoms with Crippen molar-refractivity contribution in [3.05, 3.63) is 35.9 Å². The first-order valence-corrected chi connectivity index (χ1v) is 5.98. The van der Waals surface area contributed by atoms with Crippen LogP contribution in [0.5, 0.6) is 0 Å². The quantitative estimate of drug-likeness (QED) is 0.474. The van der Waals surface area contributed by atoms with E-state index in [1.165, 1.54) is 18.4 Å². The molecule has 86 valence electrons. The summed E-state index contributed by atoms with van der Waals surface area (Å²) in [7, 11) is 0. The van der Waals surface area contributed by atoms with Gasteiger partial charge in [0.05, 0.1) is 6.61 Å². The van der Waals surface area contributed by atoms with Gasteiger partial charge in [-0.25, -0.2) is 0 Å². The smallest absolute Gasteiger partial charge is 0.0716 e. The summed E-state index contributed by atoms with van der Waals surface area (Å²) in [5.74, 6) is 2.66. The Balaban J connectivity index is 1.91. The fourth-order valence-corrected chi connectivity index (χ4v) is 1.55. The third-order valence-electron chi connectivity index (χ3n) is 2.47. The standard InChI is InChI=1S/C15H20O/c1-2-3-4-5-6-10-13-16-14-15-11-8-7-9-12-15/h1,7-9,11-12H,3-6,10,13-14H2. The van der Waals surface area contributed by atoms with Crippen molar-refractivity contribution in [2.45, 2.75) is 38.7 Å². The predicted octanol–water partition coefficient (Wildman–Crippen LogP) is 3.79. The summed E-state index contributed by atoms with van der Waals surface area (Å²) in [6.45, 7) is 1.58. The largest absolute Gasteiger partial charge is 0.377 e. The highest BCUT2D eigenvalue weighted by atomic mass is 16.5. The minimum atomic E-state index is 0.727. The number of hydrogen-bond acceptors (Lipinski definition) is 1. The second-order valence-corrected chi connectivity index (χ2v) is 3.91. The zero-order valence-electron chi connectivity index (χ0n) is 9.82. The molecule has 0 atom stereocenters. The van der Waals surface area contributed by atoms with E-state index >= 15 is 0 Å². The SMILES string of the molecule is C#CCCCCCCOCc1ccccc1. The van der Waals surface area contributed by atoms with Gasteiger partial charge in [-0.05, 0) is 18.4 Å². The third kappa shape index (κ3) is 6.27. The Hall–Kier alpha value is -1.26. The molecule has 0 N–H and O–H groups in total. The molecule has 0 saturated heterocycles. The Bertz CT molecular complexity index is 297. The highest BCUT2D eigenvalue weighted by Crippen LogP contribution is 2.04. The molecule has 0 radical (unpaired) electrons. The lowest BCUT2D eigenvalue weighted by Gasteiger charge is -2.03. The normalized spacial score (nSPS) is 9.94. The topological polar surface area (TPSA) is 9.23 Å². The van der Waals surface area contributed by atoms with Crippen LogP contribution in [0.15, 0.2) is 30.3 Å². The number of hydrogen-bond donors (Lipinski definition) is 0. The molecule has 1 rings (SSSR count). The lowest BCUT2D eigenvalue weighted by Crippen LogP contribution is -1.95. The van der Waals surface area contributed by atoms with E-state index in [1.807, 2.05) is 18.2 Å². The summed E-state index contributed by atoms with van der Waals surface area (Å²) in [5, 5.41) is 0. The van der Waals surface area contributed by atoms with Crippen molar-refractivity contribution in [3.8, 4) is 12.3 Å². The van der Waals surface area contributed by atoms with Crippen LogP contribution in [0.3, 0.4) is 0 Å². The van der Waals surface area contributed by atoms with Gasteiger partial charge in [-0.1, -0.05) is 43.2 Å². The third-order valence-corrected chi connectivity index (χ3v) is 2.47. The van der Waals surface area contributed by atoms with Crippen molar-refractivity contribution >= 4 is 0 Å². The second-order valence-electron chi connectivity index (χ2n) is 3.91. The molecule has 0 amide bonds. The molecule has 0 aromatic heterocycles. The van der Waals surface area contributed by atoms with Crippen LogP contribution in [0, 0.1) is 12.3 Å². The van der Waals surface area contributed by atoms with Gasteiger partial charge in [-0.15, -0.1) is 12.3 Å². The Kier molecular flexibility index (Phi) is 7.21. The zero-order valence-corrected chi connectivity index (χ0v) is 9.82. The minimum absolute atomic E-state index is 0.727. The molecule has 0 unspecified atom stereocenters. The molecule has 16 heavy (non-hydrogen) atoms. The van der Waals surface area contributed by atoms with Crippen molar-refractivity contribution in [1.29, 1.82) is 0 Å². The maximum absolute atomic E-state index is 5.59. The summed E-state index contributed by atoms with van der Waals surface area (Å²) < 4.78 is 5.59. The van der Waals surface area contributed by atoms with Crippen LogP contribution < -0.4 is 0 Å². The van der Waals surface area contributed by atoms with Gasteiger partial charge in [0.2, 0.25) is 0 Å². The van der Waals surface area contributed by atoms with Gasteiger partial charge in [0, 0.05) is 13.0 Å². The summed E-state index contributed by atoms with van der Waals surface area (Å²) in [6, 6.07) is 10.3. The average molecular weight is 216 g/mol.